The third kappa shape index (κ3) is 5.11. The molecule has 0 aromatic carbocycles. The van der Waals surface area contributed by atoms with Crippen LogP contribution in [0.25, 0.3) is 0 Å². The first-order chi connectivity index (χ1) is 4.04. The van der Waals surface area contributed by atoms with Crippen LogP contribution >= 0.6 is 22.6 Å². The average molecular weight is 243 g/mol. The summed E-state index contributed by atoms with van der Waals surface area (Å²) in [5, 5.41) is 8.93. The minimum absolute atomic E-state index is 0.0643. The highest BCUT2D eigenvalue weighted by atomic mass is 127. The molecule has 2 atom stereocenters. The van der Waals surface area contributed by atoms with Gasteiger partial charge in [-0.05, 0) is 34.9 Å². The minimum Gasteiger partial charge on any atom is -0.381 e. The zero-order valence-corrected chi connectivity index (χ0v) is 8.00. The molecule has 0 rings (SSSR count). The number of alkyl halides is 1. The highest BCUT2D eigenvalue weighted by Crippen LogP contribution is 2.09. The van der Waals surface area contributed by atoms with Gasteiger partial charge in [0, 0.05) is 6.04 Å². The molecule has 3 heteroatoms. The van der Waals surface area contributed by atoms with E-state index in [2.05, 4.69) is 13.8 Å². The highest BCUT2D eigenvalue weighted by Gasteiger charge is 2.11. The summed E-state index contributed by atoms with van der Waals surface area (Å²) in [7, 11) is 0. The summed E-state index contributed by atoms with van der Waals surface area (Å²) in [6.07, 6.45) is 0.893. The second-order valence-corrected chi connectivity index (χ2v) is 3.94. The molecule has 0 amide bonds. The molecule has 0 aliphatic heterocycles. The first kappa shape index (κ1) is 9.65. The van der Waals surface area contributed by atoms with E-state index in [4.69, 9.17) is 10.8 Å². The van der Waals surface area contributed by atoms with Gasteiger partial charge in [0.1, 0.15) is 4.11 Å². The summed E-state index contributed by atoms with van der Waals surface area (Å²) in [5.41, 5.74) is 5.56. The lowest BCUT2D eigenvalue weighted by Crippen LogP contribution is -2.31. The molecule has 0 aromatic rings. The van der Waals surface area contributed by atoms with E-state index in [9.17, 15) is 0 Å². The number of rotatable bonds is 3. The maximum atomic E-state index is 8.93. The summed E-state index contributed by atoms with van der Waals surface area (Å²) in [5.74, 6) is 0.574. The molecule has 0 aromatic heterocycles. The molecule has 2 unspecified atom stereocenters. The standard InChI is InChI=1S/C6H14INO/c1-4(2)3-5(8)6(7)9/h4-6,9H,3,8H2,1-2H3. The van der Waals surface area contributed by atoms with E-state index in [0.717, 1.165) is 6.42 Å². The number of hydrogen-bond donors (Lipinski definition) is 2. The van der Waals surface area contributed by atoms with E-state index in [1.165, 1.54) is 0 Å². The fraction of sp³-hybridized carbons (Fsp3) is 1.00. The monoisotopic (exact) mass is 243 g/mol. The minimum atomic E-state index is -0.398. The Hall–Kier alpha value is 0.650. The molecule has 0 aliphatic carbocycles. The van der Waals surface area contributed by atoms with E-state index in [1.807, 2.05) is 22.6 Å². The smallest absolute Gasteiger partial charge is 0.120 e. The molecule has 3 N–H and O–H groups in total. The van der Waals surface area contributed by atoms with Gasteiger partial charge >= 0.3 is 0 Å². The van der Waals surface area contributed by atoms with Crippen molar-refractivity contribution in [2.45, 2.75) is 30.4 Å². The van der Waals surface area contributed by atoms with Crippen molar-refractivity contribution < 1.29 is 5.11 Å². The van der Waals surface area contributed by atoms with Gasteiger partial charge in [-0.25, -0.2) is 0 Å². The van der Waals surface area contributed by atoms with Crippen molar-refractivity contribution in [3.05, 3.63) is 0 Å². The summed E-state index contributed by atoms with van der Waals surface area (Å²) in [6.45, 7) is 4.19. The number of hydrogen-bond acceptors (Lipinski definition) is 2. The zero-order chi connectivity index (χ0) is 7.44. The van der Waals surface area contributed by atoms with Gasteiger partial charge in [0.15, 0.2) is 0 Å². The third-order valence-corrected chi connectivity index (χ3v) is 2.02. The predicted molar refractivity (Wildman–Crippen MR) is 47.5 cm³/mol. The fourth-order valence-corrected chi connectivity index (χ4v) is 0.950. The lowest BCUT2D eigenvalue weighted by Gasteiger charge is -2.14. The molecule has 0 saturated carbocycles. The van der Waals surface area contributed by atoms with Gasteiger partial charge in [0.05, 0.1) is 0 Å². The maximum absolute atomic E-state index is 8.93. The SMILES string of the molecule is CC(C)CC(N)C(O)I. The van der Waals surface area contributed by atoms with Crippen LogP contribution in [0.4, 0.5) is 0 Å². The van der Waals surface area contributed by atoms with E-state index >= 15 is 0 Å². The van der Waals surface area contributed by atoms with E-state index in [0.29, 0.717) is 5.92 Å². The molecule has 0 fully saturated rings. The number of aliphatic hydroxyl groups is 1. The topological polar surface area (TPSA) is 46.2 Å². The average Bonchev–Trinajstić information content (AvgIpc) is 1.63. The van der Waals surface area contributed by atoms with Crippen molar-refractivity contribution in [2.24, 2.45) is 11.7 Å². The Bertz CT molecular complexity index is 75.5. The van der Waals surface area contributed by atoms with E-state index in [1.54, 1.807) is 0 Å². The Balaban J connectivity index is 3.38. The van der Waals surface area contributed by atoms with Gasteiger partial charge in [0.25, 0.3) is 0 Å². The van der Waals surface area contributed by atoms with Crippen LogP contribution < -0.4 is 5.73 Å². The van der Waals surface area contributed by atoms with Crippen molar-refractivity contribution in [1.82, 2.24) is 0 Å². The fourth-order valence-electron chi connectivity index (χ4n) is 0.657. The van der Waals surface area contributed by atoms with Gasteiger partial charge in [-0.15, -0.1) is 0 Å². The van der Waals surface area contributed by atoms with Crippen LogP contribution in [0.1, 0.15) is 20.3 Å². The van der Waals surface area contributed by atoms with Crippen molar-refractivity contribution in [3.63, 3.8) is 0 Å². The first-order valence-corrected chi connectivity index (χ1v) is 4.36. The third-order valence-electron chi connectivity index (χ3n) is 1.10. The Labute approximate surface area is 70.0 Å². The lowest BCUT2D eigenvalue weighted by molar-refractivity contribution is 0.231. The van der Waals surface area contributed by atoms with Crippen molar-refractivity contribution >= 4 is 22.6 Å². The Morgan fingerprint density at radius 1 is 1.56 bits per heavy atom. The summed E-state index contributed by atoms with van der Waals surface area (Å²) >= 11 is 1.93. The highest BCUT2D eigenvalue weighted by molar-refractivity contribution is 14.1. The van der Waals surface area contributed by atoms with Crippen LogP contribution in [0.2, 0.25) is 0 Å². The number of nitrogens with two attached hydrogens (primary N) is 1. The van der Waals surface area contributed by atoms with Gasteiger partial charge in [-0.1, -0.05) is 13.8 Å². The van der Waals surface area contributed by atoms with Crippen LogP contribution in [-0.4, -0.2) is 15.3 Å². The predicted octanol–water partition coefficient (Wildman–Crippen LogP) is 1.11. The van der Waals surface area contributed by atoms with Crippen molar-refractivity contribution in [2.75, 3.05) is 0 Å². The molecule has 2 nitrogen and oxygen atoms in total. The molecule has 0 saturated heterocycles. The van der Waals surface area contributed by atoms with Gasteiger partial charge in [-0.3, -0.25) is 0 Å². The van der Waals surface area contributed by atoms with Crippen LogP contribution in [-0.2, 0) is 0 Å². The van der Waals surface area contributed by atoms with Crippen LogP contribution in [0.5, 0.6) is 0 Å². The second-order valence-electron chi connectivity index (χ2n) is 2.67. The maximum Gasteiger partial charge on any atom is 0.120 e. The van der Waals surface area contributed by atoms with Gasteiger partial charge < -0.3 is 10.8 Å². The second kappa shape index (κ2) is 4.46. The van der Waals surface area contributed by atoms with E-state index in [-0.39, 0.29) is 6.04 Å². The normalized spacial score (nSPS) is 18.0. The molecular formula is C6H14INO. The Kier molecular flexibility index (Phi) is 4.79. The largest absolute Gasteiger partial charge is 0.381 e. The molecule has 0 radical (unpaired) electrons. The Morgan fingerprint density at radius 3 is 2.11 bits per heavy atom. The summed E-state index contributed by atoms with van der Waals surface area (Å²) in [6, 6.07) is -0.0643. The van der Waals surface area contributed by atoms with Crippen molar-refractivity contribution in [3.8, 4) is 0 Å². The number of halogens is 1. The number of aliphatic hydroxyl groups excluding tert-OH is 1. The van der Waals surface area contributed by atoms with Crippen molar-refractivity contribution in [1.29, 1.82) is 0 Å². The molecule has 0 heterocycles. The molecule has 9 heavy (non-hydrogen) atoms. The molecular weight excluding hydrogens is 229 g/mol. The quantitative estimate of drug-likeness (QED) is 0.576. The Morgan fingerprint density at radius 2 is 2.00 bits per heavy atom. The van der Waals surface area contributed by atoms with Crippen LogP contribution in [0, 0.1) is 5.92 Å². The summed E-state index contributed by atoms with van der Waals surface area (Å²) in [4.78, 5) is 0. The van der Waals surface area contributed by atoms with E-state index < -0.39 is 4.11 Å². The van der Waals surface area contributed by atoms with Gasteiger partial charge in [0.2, 0.25) is 0 Å². The zero-order valence-electron chi connectivity index (χ0n) is 5.84. The lowest BCUT2D eigenvalue weighted by atomic mass is 10.1. The molecule has 0 aliphatic rings. The van der Waals surface area contributed by atoms with Crippen LogP contribution in [0.3, 0.4) is 0 Å². The first-order valence-electron chi connectivity index (χ1n) is 3.11. The molecule has 56 valence electrons. The summed E-state index contributed by atoms with van der Waals surface area (Å²) < 4.78 is -0.398. The van der Waals surface area contributed by atoms with Crippen LogP contribution in [0.15, 0.2) is 0 Å². The molecule has 0 bridgehead atoms. The van der Waals surface area contributed by atoms with Gasteiger partial charge in [-0.2, -0.15) is 0 Å². The molecule has 0 spiro atoms.